The van der Waals surface area contributed by atoms with Gasteiger partial charge in [-0.1, -0.05) is 0 Å². The largest absolute Gasteiger partial charge is 0.481 e. The van der Waals surface area contributed by atoms with E-state index in [0.29, 0.717) is 6.42 Å². The molecule has 0 aromatic heterocycles. The van der Waals surface area contributed by atoms with Gasteiger partial charge in [0.1, 0.15) is 0 Å². The van der Waals surface area contributed by atoms with E-state index in [4.69, 9.17) is 5.11 Å². The Morgan fingerprint density at radius 3 is 2.36 bits per heavy atom. The molecule has 0 amide bonds. The molecule has 2 saturated carbocycles. The Balaban J connectivity index is 2.19. The van der Waals surface area contributed by atoms with E-state index in [1.165, 1.54) is 0 Å². The van der Waals surface area contributed by atoms with Crippen molar-refractivity contribution >= 4 is 5.97 Å². The van der Waals surface area contributed by atoms with Gasteiger partial charge in [-0.3, -0.25) is 4.79 Å². The molecule has 2 rings (SSSR count). The first-order chi connectivity index (χ1) is 5.20. The fourth-order valence-corrected chi connectivity index (χ4v) is 2.68. The standard InChI is InChI=1S/C8H12O3/c9-6-3-4-1-2-5(6)7(4)8(10)11/h4-7,9H,1-3H2,(H,10,11)/t4-,5-,6+,7-/m0/s1. The smallest absolute Gasteiger partial charge is 0.307 e. The maximum Gasteiger partial charge on any atom is 0.307 e. The maximum absolute atomic E-state index is 10.7. The summed E-state index contributed by atoms with van der Waals surface area (Å²) in [4.78, 5) is 10.7. The van der Waals surface area contributed by atoms with Gasteiger partial charge in [-0.15, -0.1) is 0 Å². The van der Waals surface area contributed by atoms with Crippen molar-refractivity contribution < 1.29 is 15.0 Å². The van der Waals surface area contributed by atoms with E-state index in [0.717, 1.165) is 12.8 Å². The SMILES string of the molecule is O=C(O)[C@H]1[C@H]2CC[C@H]1[C@H](O)C2. The normalized spacial score (nSPS) is 48.1. The third-order valence-electron chi connectivity index (χ3n) is 3.16. The lowest BCUT2D eigenvalue weighted by Crippen LogP contribution is -2.22. The minimum atomic E-state index is -0.714. The second-order valence-electron chi connectivity index (χ2n) is 3.67. The Bertz CT molecular complexity index is 190. The fraction of sp³-hybridized carbons (Fsp3) is 0.875. The minimum absolute atomic E-state index is 0.0532. The summed E-state index contributed by atoms with van der Waals surface area (Å²) in [5.41, 5.74) is 0. The van der Waals surface area contributed by atoms with Crippen molar-refractivity contribution in [3.8, 4) is 0 Å². The summed E-state index contributed by atoms with van der Waals surface area (Å²) in [6.45, 7) is 0. The van der Waals surface area contributed by atoms with Gasteiger partial charge in [-0.25, -0.2) is 0 Å². The van der Waals surface area contributed by atoms with Crippen molar-refractivity contribution in [2.75, 3.05) is 0 Å². The van der Waals surface area contributed by atoms with Gasteiger partial charge in [-0.2, -0.15) is 0 Å². The highest BCUT2D eigenvalue weighted by Crippen LogP contribution is 2.49. The highest BCUT2D eigenvalue weighted by Gasteiger charge is 2.50. The molecule has 2 aliphatic rings. The minimum Gasteiger partial charge on any atom is -0.481 e. The average molecular weight is 156 g/mol. The number of rotatable bonds is 1. The number of fused-ring (bicyclic) bond motifs is 2. The van der Waals surface area contributed by atoms with Crippen LogP contribution in [0.1, 0.15) is 19.3 Å². The van der Waals surface area contributed by atoms with E-state index in [-0.39, 0.29) is 23.9 Å². The molecule has 2 N–H and O–H groups in total. The van der Waals surface area contributed by atoms with Gasteiger partial charge in [0.15, 0.2) is 0 Å². The predicted molar refractivity (Wildman–Crippen MR) is 38.0 cm³/mol. The van der Waals surface area contributed by atoms with Gasteiger partial charge in [0.2, 0.25) is 0 Å². The first-order valence-corrected chi connectivity index (χ1v) is 4.11. The van der Waals surface area contributed by atoms with Crippen molar-refractivity contribution in [2.24, 2.45) is 17.8 Å². The Hall–Kier alpha value is -0.570. The lowest BCUT2D eigenvalue weighted by Gasteiger charge is -2.14. The molecule has 0 heterocycles. The molecule has 3 heteroatoms. The third kappa shape index (κ3) is 0.872. The summed E-state index contributed by atoms with van der Waals surface area (Å²) in [7, 11) is 0. The first-order valence-electron chi connectivity index (χ1n) is 4.11. The van der Waals surface area contributed by atoms with Gasteiger partial charge in [0.05, 0.1) is 12.0 Å². The van der Waals surface area contributed by atoms with E-state index >= 15 is 0 Å². The molecule has 11 heavy (non-hydrogen) atoms. The molecule has 0 spiro atoms. The van der Waals surface area contributed by atoms with E-state index in [2.05, 4.69) is 0 Å². The molecule has 2 fully saturated rings. The van der Waals surface area contributed by atoms with Crippen LogP contribution in [0.2, 0.25) is 0 Å². The summed E-state index contributed by atoms with van der Waals surface area (Å²) in [6, 6.07) is 0. The average Bonchev–Trinajstić information content (AvgIpc) is 2.41. The quantitative estimate of drug-likeness (QED) is 0.580. The van der Waals surface area contributed by atoms with Crippen LogP contribution in [0.3, 0.4) is 0 Å². The summed E-state index contributed by atoms with van der Waals surface area (Å²) >= 11 is 0. The maximum atomic E-state index is 10.7. The highest BCUT2D eigenvalue weighted by atomic mass is 16.4. The molecule has 4 atom stereocenters. The Labute approximate surface area is 65.0 Å². The van der Waals surface area contributed by atoms with E-state index in [1.54, 1.807) is 0 Å². The number of hydrogen-bond acceptors (Lipinski definition) is 2. The first kappa shape index (κ1) is 7.10. The van der Waals surface area contributed by atoms with Crippen molar-refractivity contribution in [3.05, 3.63) is 0 Å². The Morgan fingerprint density at radius 1 is 1.36 bits per heavy atom. The fourth-order valence-electron chi connectivity index (χ4n) is 2.68. The van der Waals surface area contributed by atoms with Crippen molar-refractivity contribution in [1.29, 1.82) is 0 Å². The van der Waals surface area contributed by atoms with Crippen molar-refractivity contribution in [3.63, 3.8) is 0 Å². The summed E-state index contributed by atoms with van der Waals surface area (Å²) in [5, 5.41) is 18.2. The van der Waals surface area contributed by atoms with Crippen LogP contribution in [-0.2, 0) is 4.79 Å². The topological polar surface area (TPSA) is 57.5 Å². The van der Waals surface area contributed by atoms with E-state index < -0.39 is 5.97 Å². The second-order valence-corrected chi connectivity index (χ2v) is 3.67. The van der Waals surface area contributed by atoms with Gasteiger partial charge < -0.3 is 10.2 Å². The van der Waals surface area contributed by atoms with Gasteiger partial charge in [0.25, 0.3) is 0 Å². The molecule has 0 unspecified atom stereocenters. The predicted octanol–water partition coefficient (Wildman–Crippen LogP) is 0.478. The van der Waals surface area contributed by atoms with Gasteiger partial charge in [-0.05, 0) is 31.1 Å². The van der Waals surface area contributed by atoms with Crippen LogP contribution in [0.4, 0.5) is 0 Å². The van der Waals surface area contributed by atoms with Gasteiger partial charge in [0, 0.05) is 0 Å². The van der Waals surface area contributed by atoms with Crippen LogP contribution in [0.15, 0.2) is 0 Å². The summed E-state index contributed by atoms with van der Waals surface area (Å²) in [6.07, 6.45) is 2.28. The van der Waals surface area contributed by atoms with Crippen LogP contribution in [0, 0.1) is 17.8 Å². The Morgan fingerprint density at radius 2 is 2.09 bits per heavy atom. The van der Waals surface area contributed by atoms with Crippen LogP contribution < -0.4 is 0 Å². The summed E-state index contributed by atoms with van der Waals surface area (Å²) < 4.78 is 0. The van der Waals surface area contributed by atoms with Gasteiger partial charge >= 0.3 is 5.97 Å². The zero-order valence-electron chi connectivity index (χ0n) is 6.23. The second kappa shape index (κ2) is 2.21. The zero-order valence-corrected chi connectivity index (χ0v) is 6.23. The number of aliphatic hydroxyl groups is 1. The Kier molecular flexibility index (Phi) is 1.42. The van der Waals surface area contributed by atoms with Crippen molar-refractivity contribution in [2.45, 2.75) is 25.4 Å². The van der Waals surface area contributed by atoms with E-state index in [1.807, 2.05) is 0 Å². The van der Waals surface area contributed by atoms with Crippen LogP contribution in [0.25, 0.3) is 0 Å². The third-order valence-corrected chi connectivity index (χ3v) is 3.16. The lowest BCUT2D eigenvalue weighted by atomic mass is 9.97. The van der Waals surface area contributed by atoms with Crippen LogP contribution in [0.5, 0.6) is 0 Å². The lowest BCUT2D eigenvalue weighted by molar-refractivity contribution is -0.143. The monoisotopic (exact) mass is 156 g/mol. The molecule has 2 aliphatic carbocycles. The molecule has 2 bridgehead atoms. The molecule has 0 saturated heterocycles. The highest BCUT2D eigenvalue weighted by molar-refractivity contribution is 5.71. The number of carbonyl (C=O) groups is 1. The number of hydrogen-bond donors (Lipinski definition) is 2. The summed E-state index contributed by atoms with van der Waals surface area (Å²) in [5.74, 6) is -0.649. The van der Waals surface area contributed by atoms with Crippen molar-refractivity contribution in [1.82, 2.24) is 0 Å². The molecular weight excluding hydrogens is 144 g/mol. The molecule has 0 radical (unpaired) electrons. The number of aliphatic hydroxyl groups excluding tert-OH is 1. The number of carboxylic acids is 1. The molecule has 0 aromatic carbocycles. The van der Waals surface area contributed by atoms with E-state index in [9.17, 15) is 9.90 Å². The molecule has 62 valence electrons. The van der Waals surface area contributed by atoms with Crippen LogP contribution in [-0.4, -0.2) is 22.3 Å². The number of aliphatic carboxylic acids is 1. The molecule has 0 aromatic rings. The van der Waals surface area contributed by atoms with Crippen LogP contribution >= 0.6 is 0 Å². The molecular formula is C8H12O3. The molecule has 3 nitrogen and oxygen atoms in total. The molecule has 0 aliphatic heterocycles. The number of carboxylic acid groups (broad SMARTS) is 1. The zero-order chi connectivity index (χ0) is 8.01.